The summed E-state index contributed by atoms with van der Waals surface area (Å²) in [5, 5.41) is 3.38. The van der Waals surface area contributed by atoms with Gasteiger partial charge in [0.15, 0.2) is 0 Å². The van der Waals surface area contributed by atoms with Gasteiger partial charge in [-0.15, -0.1) is 0 Å². The van der Waals surface area contributed by atoms with Crippen LogP contribution in [0.25, 0.3) is 16.9 Å². The topological polar surface area (TPSA) is 42.7 Å². The fraction of sp³-hybridized carbons (Fsp3) is 0.176. The van der Waals surface area contributed by atoms with Crippen LogP contribution in [0, 0.1) is 0 Å². The minimum atomic E-state index is 0.848. The second-order valence-corrected chi connectivity index (χ2v) is 4.79. The van der Waals surface area contributed by atoms with Gasteiger partial charge in [0, 0.05) is 24.5 Å². The Morgan fingerprint density at radius 1 is 1.05 bits per heavy atom. The van der Waals surface area contributed by atoms with E-state index in [9.17, 15) is 0 Å². The molecular weight excluding hydrogens is 260 g/mol. The van der Waals surface area contributed by atoms with Crippen LogP contribution in [0.15, 0.2) is 61.3 Å². The molecule has 0 aliphatic heterocycles. The van der Waals surface area contributed by atoms with E-state index in [0.717, 1.165) is 30.0 Å². The zero-order valence-corrected chi connectivity index (χ0v) is 12.0. The van der Waals surface area contributed by atoms with Crippen molar-refractivity contribution in [3.63, 3.8) is 0 Å². The molecule has 0 aliphatic carbocycles. The summed E-state index contributed by atoms with van der Waals surface area (Å²) in [5.74, 6) is 0. The van der Waals surface area contributed by atoms with Crippen LogP contribution in [0.1, 0.15) is 12.5 Å². The molecule has 4 nitrogen and oxygen atoms in total. The Morgan fingerprint density at radius 3 is 2.67 bits per heavy atom. The maximum Gasteiger partial charge on any atom is 0.0997 e. The molecule has 106 valence electrons. The minimum Gasteiger partial charge on any atom is -0.313 e. The monoisotopic (exact) mass is 278 g/mol. The number of nitrogens with zero attached hydrogens (tertiary/aromatic N) is 3. The summed E-state index contributed by atoms with van der Waals surface area (Å²) >= 11 is 0. The lowest BCUT2D eigenvalue weighted by Crippen LogP contribution is -2.13. The van der Waals surface area contributed by atoms with E-state index in [4.69, 9.17) is 0 Å². The predicted molar refractivity (Wildman–Crippen MR) is 84.2 cm³/mol. The molecule has 2 aromatic heterocycles. The highest BCUT2D eigenvalue weighted by Crippen LogP contribution is 2.24. The number of benzene rings is 1. The summed E-state index contributed by atoms with van der Waals surface area (Å²) in [7, 11) is 0. The quantitative estimate of drug-likeness (QED) is 0.780. The van der Waals surface area contributed by atoms with E-state index in [1.54, 1.807) is 12.4 Å². The zero-order valence-electron chi connectivity index (χ0n) is 12.0. The molecule has 0 spiro atoms. The maximum absolute atomic E-state index is 4.32. The molecule has 0 unspecified atom stereocenters. The Hall–Kier alpha value is -2.46. The fourth-order valence-electron chi connectivity index (χ4n) is 2.38. The molecule has 0 saturated heterocycles. The van der Waals surface area contributed by atoms with Gasteiger partial charge in [0.2, 0.25) is 0 Å². The maximum atomic E-state index is 4.32. The molecule has 0 radical (unpaired) electrons. The number of rotatable bonds is 5. The Kier molecular flexibility index (Phi) is 4.07. The minimum absolute atomic E-state index is 0.848. The summed E-state index contributed by atoms with van der Waals surface area (Å²) in [4.78, 5) is 8.39. The van der Waals surface area contributed by atoms with Crippen molar-refractivity contribution in [2.75, 3.05) is 6.54 Å². The molecule has 0 aliphatic rings. The van der Waals surface area contributed by atoms with Crippen LogP contribution in [0.2, 0.25) is 0 Å². The molecule has 0 saturated carbocycles. The third-order valence-electron chi connectivity index (χ3n) is 3.43. The highest BCUT2D eigenvalue weighted by atomic mass is 15.1. The fourth-order valence-corrected chi connectivity index (χ4v) is 2.38. The lowest BCUT2D eigenvalue weighted by molar-refractivity contribution is 0.722. The van der Waals surface area contributed by atoms with Crippen LogP contribution >= 0.6 is 0 Å². The highest BCUT2D eigenvalue weighted by molar-refractivity contribution is 5.62. The first-order valence-electron chi connectivity index (χ1n) is 7.12. The zero-order chi connectivity index (χ0) is 14.5. The van der Waals surface area contributed by atoms with Crippen LogP contribution in [0.4, 0.5) is 0 Å². The predicted octanol–water partition coefficient (Wildman–Crippen LogP) is 3.04. The second-order valence-electron chi connectivity index (χ2n) is 4.79. The SMILES string of the molecule is CCNCc1ccccc1-n1cncc1-c1ccncc1. The third-order valence-corrected chi connectivity index (χ3v) is 3.43. The van der Waals surface area contributed by atoms with E-state index in [-0.39, 0.29) is 0 Å². The van der Waals surface area contributed by atoms with Gasteiger partial charge in [0.25, 0.3) is 0 Å². The van der Waals surface area contributed by atoms with Crippen molar-refractivity contribution in [3.05, 3.63) is 66.9 Å². The van der Waals surface area contributed by atoms with Crippen molar-refractivity contribution in [2.24, 2.45) is 0 Å². The first-order valence-corrected chi connectivity index (χ1v) is 7.12. The average molecular weight is 278 g/mol. The van der Waals surface area contributed by atoms with E-state index in [1.807, 2.05) is 24.7 Å². The van der Waals surface area contributed by atoms with Gasteiger partial charge in [-0.25, -0.2) is 4.98 Å². The standard InChI is InChI=1S/C17H18N4/c1-2-18-11-15-5-3-4-6-16(15)21-13-20-12-17(21)14-7-9-19-10-8-14/h3-10,12-13,18H,2,11H2,1H3. The van der Waals surface area contributed by atoms with Crippen molar-refractivity contribution in [2.45, 2.75) is 13.5 Å². The van der Waals surface area contributed by atoms with Crippen LogP contribution < -0.4 is 5.32 Å². The van der Waals surface area contributed by atoms with Gasteiger partial charge in [0.1, 0.15) is 0 Å². The Balaban J connectivity index is 2.05. The van der Waals surface area contributed by atoms with Crippen molar-refractivity contribution in [1.29, 1.82) is 0 Å². The molecule has 1 N–H and O–H groups in total. The number of imidazole rings is 1. The summed E-state index contributed by atoms with van der Waals surface area (Å²) in [5.41, 5.74) is 4.59. The van der Waals surface area contributed by atoms with Crippen molar-refractivity contribution in [1.82, 2.24) is 19.9 Å². The van der Waals surface area contributed by atoms with Gasteiger partial charge in [-0.05, 0) is 30.3 Å². The number of pyridine rings is 1. The second kappa shape index (κ2) is 6.33. The van der Waals surface area contributed by atoms with E-state index < -0.39 is 0 Å². The van der Waals surface area contributed by atoms with Gasteiger partial charge < -0.3 is 5.32 Å². The number of nitrogens with one attached hydrogen (secondary N) is 1. The number of hydrogen-bond donors (Lipinski definition) is 1. The third kappa shape index (κ3) is 2.85. The number of aromatic nitrogens is 3. The van der Waals surface area contributed by atoms with Crippen molar-refractivity contribution in [3.8, 4) is 16.9 Å². The largest absolute Gasteiger partial charge is 0.313 e. The van der Waals surface area contributed by atoms with Gasteiger partial charge in [-0.2, -0.15) is 0 Å². The molecule has 0 fully saturated rings. The first-order chi connectivity index (χ1) is 10.4. The summed E-state index contributed by atoms with van der Waals surface area (Å²) in [6.07, 6.45) is 7.36. The molecule has 21 heavy (non-hydrogen) atoms. The Bertz CT molecular complexity index is 704. The summed E-state index contributed by atoms with van der Waals surface area (Å²) in [6.45, 7) is 3.92. The molecule has 3 rings (SSSR count). The smallest absolute Gasteiger partial charge is 0.0997 e. The Labute approximate surface area is 124 Å². The molecule has 0 amide bonds. The van der Waals surface area contributed by atoms with Gasteiger partial charge in [-0.1, -0.05) is 25.1 Å². The lowest BCUT2D eigenvalue weighted by atomic mass is 10.1. The van der Waals surface area contributed by atoms with E-state index in [1.165, 1.54) is 5.56 Å². The number of hydrogen-bond acceptors (Lipinski definition) is 3. The normalized spacial score (nSPS) is 10.7. The molecule has 0 bridgehead atoms. The molecule has 2 heterocycles. The highest BCUT2D eigenvalue weighted by Gasteiger charge is 2.09. The van der Waals surface area contributed by atoms with E-state index in [2.05, 4.69) is 51.0 Å². The molecule has 0 atom stereocenters. The summed E-state index contributed by atoms with van der Waals surface area (Å²) in [6, 6.07) is 12.4. The van der Waals surface area contributed by atoms with Crippen LogP contribution in [-0.2, 0) is 6.54 Å². The molecule has 1 aromatic carbocycles. The van der Waals surface area contributed by atoms with E-state index >= 15 is 0 Å². The number of para-hydroxylation sites is 1. The average Bonchev–Trinajstić information content (AvgIpc) is 3.03. The van der Waals surface area contributed by atoms with Crippen LogP contribution in [0.3, 0.4) is 0 Å². The molecular formula is C17H18N4. The van der Waals surface area contributed by atoms with Crippen molar-refractivity contribution >= 4 is 0 Å². The van der Waals surface area contributed by atoms with Gasteiger partial charge in [-0.3, -0.25) is 9.55 Å². The summed E-state index contributed by atoms with van der Waals surface area (Å²) < 4.78 is 2.13. The molecule has 4 heteroatoms. The van der Waals surface area contributed by atoms with Crippen LogP contribution in [0.5, 0.6) is 0 Å². The molecule has 3 aromatic rings. The van der Waals surface area contributed by atoms with Gasteiger partial charge in [0.05, 0.1) is 23.9 Å². The van der Waals surface area contributed by atoms with E-state index in [0.29, 0.717) is 0 Å². The Morgan fingerprint density at radius 2 is 1.86 bits per heavy atom. The van der Waals surface area contributed by atoms with Crippen molar-refractivity contribution < 1.29 is 0 Å². The lowest BCUT2D eigenvalue weighted by Gasteiger charge is -2.13. The van der Waals surface area contributed by atoms with Gasteiger partial charge >= 0.3 is 0 Å². The van der Waals surface area contributed by atoms with Crippen LogP contribution in [-0.4, -0.2) is 21.1 Å². The first kappa shape index (κ1) is 13.5.